The molecule has 0 radical (unpaired) electrons. The van der Waals surface area contributed by atoms with Gasteiger partial charge in [0.15, 0.2) is 5.65 Å². The highest BCUT2D eigenvalue weighted by molar-refractivity contribution is 5.84. The fourth-order valence-electron chi connectivity index (χ4n) is 4.79. The Hall–Kier alpha value is -3.00. The molecule has 0 atom stereocenters. The molecule has 0 aliphatic carbocycles. The number of fused-ring (bicyclic) bond motifs is 1. The average Bonchev–Trinajstić information content (AvgIpc) is 3.16. The van der Waals surface area contributed by atoms with Gasteiger partial charge in [0.05, 0.1) is 11.4 Å². The molecule has 2 fully saturated rings. The molecule has 0 spiro atoms. The van der Waals surface area contributed by atoms with Gasteiger partial charge in [-0.15, -0.1) is 0 Å². The third-order valence-corrected chi connectivity index (χ3v) is 6.56. The van der Waals surface area contributed by atoms with Gasteiger partial charge in [0.2, 0.25) is 11.8 Å². The minimum absolute atomic E-state index is 0.0205. The highest BCUT2D eigenvalue weighted by Crippen LogP contribution is 2.32. The molecule has 0 bridgehead atoms. The first-order chi connectivity index (χ1) is 15.1. The third-order valence-electron chi connectivity index (χ3n) is 6.56. The van der Waals surface area contributed by atoms with Crippen LogP contribution in [0.5, 0.6) is 5.88 Å². The summed E-state index contributed by atoms with van der Waals surface area (Å²) in [6.45, 7) is 5.14. The molecule has 2 aliphatic heterocycles. The molecule has 162 valence electrons. The SMILES string of the molecule is Cc1nn(-c2ccccc2)c2nc(C3CCN(C(=O)C4CCNCC4)CC3)nc(O)c12. The van der Waals surface area contributed by atoms with Gasteiger partial charge in [-0.05, 0) is 57.8 Å². The summed E-state index contributed by atoms with van der Waals surface area (Å²) in [6.07, 6.45) is 3.46. The Balaban J connectivity index is 1.38. The molecule has 0 saturated carbocycles. The van der Waals surface area contributed by atoms with Gasteiger partial charge in [-0.2, -0.15) is 10.1 Å². The van der Waals surface area contributed by atoms with Crippen molar-refractivity contribution in [2.45, 2.75) is 38.5 Å². The number of benzene rings is 1. The summed E-state index contributed by atoms with van der Waals surface area (Å²) in [5.41, 5.74) is 2.22. The summed E-state index contributed by atoms with van der Waals surface area (Å²) < 4.78 is 1.77. The van der Waals surface area contributed by atoms with Crippen LogP contribution in [-0.2, 0) is 4.79 Å². The van der Waals surface area contributed by atoms with E-state index in [-0.39, 0.29) is 23.6 Å². The Morgan fingerprint density at radius 3 is 2.48 bits per heavy atom. The first kappa shape index (κ1) is 19.9. The number of hydrogen-bond acceptors (Lipinski definition) is 6. The molecule has 31 heavy (non-hydrogen) atoms. The molecule has 8 heteroatoms. The van der Waals surface area contributed by atoms with Crippen molar-refractivity contribution in [2.75, 3.05) is 26.2 Å². The van der Waals surface area contributed by atoms with E-state index in [0.717, 1.165) is 44.5 Å². The van der Waals surface area contributed by atoms with Crippen LogP contribution in [0.2, 0.25) is 0 Å². The van der Waals surface area contributed by atoms with Crippen molar-refractivity contribution in [2.24, 2.45) is 5.92 Å². The first-order valence-electron chi connectivity index (χ1n) is 11.1. The highest BCUT2D eigenvalue weighted by atomic mass is 16.3. The van der Waals surface area contributed by atoms with E-state index in [2.05, 4.69) is 15.4 Å². The first-order valence-corrected chi connectivity index (χ1v) is 11.1. The number of nitrogens with one attached hydrogen (secondary N) is 1. The topological polar surface area (TPSA) is 96.2 Å². The van der Waals surface area contributed by atoms with Crippen LogP contribution in [0.1, 0.15) is 43.1 Å². The zero-order chi connectivity index (χ0) is 21.4. The zero-order valence-corrected chi connectivity index (χ0v) is 17.8. The summed E-state index contributed by atoms with van der Waals surface area (Å²) in [6, 6.07) is 9.80. The van der Waals surface area contributed by atoms with Gasteiger partial charge < -0.3 is 15.3 Å². The van der Waals surface area contributed by atoms with E-state index in [1.54, 1.807) is 4.68 Å². The summed E-state index contributed by atoms with van der Waals surface area (Å²) in [4.78, 5) is 24.1. The Morgan fingerprint density at radius 1 is 1.06 bits per heavy atom. The smallest absolute Gasteiger partial charge is 0.225 e. The van der Waals surface area contributed by atoms with E-state index in [4.69, 9.17) is 4.98 Å². The number of hydrogen-bond donors (Lipinski definition) is 2. The number of rotatable bonds is 3. The van der Waals surface area contributed by atoms with E-state index >= 15 is 0 Å². The molecular formula is C23H28N6O2. The normalized spacial score (nSPS) is 18.5. The fraction of sp³-hybridized carbons (Fsp3) is 0.478. The summed E-state index contributed by atoms with van der Waals surface area (Å²) in [5, 5.41) is 19.2. The number of likely N-dealkylation sites (tertiary alicyclic amines) is 1. The van der Waals surface area contributed by atoms with Crippen molar-refractivity contribution < 1.29 is 9.90 Å². The third kappa shape index (κ3) is 3.76. The zero-order valence-electron chi connectivity index (χ0n) is 17.8. The van der Waals surface area contributed by atoms with E-state index in [0.29, 0.717) is 35.6 Å². The molecule has 8 nitrogen and oxygen atoms in total. The van der Waals surface area contributed by atoms with Gasteiger partial charge in [-0.25, -0.2) is 9.67 Å². The average molecular weight is 421 g/mol. The lowest BCUT2D eigenvalue weighted by Gasteiger charge is -2.34. The number of para-hydroxylation sites is 1. The van der Waals surface area contributed by atoms with E-state index in [1.165, 1.54) is 0 Å². The van der Waals surface area contributed by atoms with Gasteiger partial charge in [0.1, 0.15) is 11.2 Å². The Morgan fingerprint density at radius 2 is 1.77 bits per heavy atom. The molecule has 1 aromatic carbocycles. The number of amides is 1. The van der Waals surface area contributed by atoms with Crippen LogP contribution in [0, 0.1) is 12.8 Å². The van der Waals surface area contributed by atoms with Crippen molar-refractivity contribution in [3.05, 3.63) is 41.9 Å². The van der Waals surface area contributed by atoms with Crippen LogP contribution in [-0.4, -0.2) is 61.8 Å². The maximum atomic E-state index is 12.8. The van der Waals surface area contributed by atoms with Crippen LogP contribution in [0.15, 0.2) is 30.3 Å². The number of aromatic nitrogens is 4. The quantitative estimate of drug-likeness (QED) is 0.676. The lowest BCUT2D eigenvalue weighted by Crippen LogP contribution is -2.44. The molecule has 2 saturated heterocycles. The monoisotopic (exact) mass is 420 g/mol. The van der Waals surface area contributed by atoms with Crippen LogP contribution >= 0.6 is 0 Å². The van der Waals surface area contributed by atoms with E-state index in [1.807, 2.05) is 42.2 Å². The molecule has 3 aromatic rings. The van der Waals surface area contributed by atoms with Crippen LogP contribution in [0.25, 0.3) is 16.7 Å². The van der Waals surface area contributed by atoms with E-state index < -0.39 is 0 Å². The second kappa shape index (κ2) is 8.26. The molecule has 2 aromatic heterocycles. The number of aromatic hydroxyl groups is 1. The van der Waals surface area contributed by atoms with Gasteiger partial charge in [-0.1, -0.05) is 18.2 Å². The van der Waals surface area contributed by atoms with Crippen molar-refractivity contribution in [1.29, 1.82) is 0 Å². The maximum absolute atomic E-state index is 12.8. The van der Waals surface area contributed by atoms with Gasteiger partial charge in [0.25, 0.3) is 0 Å². The largest absolute Gasteiger partial charge is 0.493 e. The second-order valence-corrected chi connectivity index (χ2v) is 8.56. The maximum Gasteiger partial charge on any atom is 0.225 e. The van der Waals surface area contributed by atoms with Crippen molar-refractivity contribution in [1.82, 2.24) is 30.0 Å². The summed E-state index contributed by atoms with van der Waals surface area (Å²) in [5.74, 6) is 1.17. The number of aryl methyl sites for hydroxylation is 1. The van der Waals surface area contributed by atoms with Gasteiger partial charge >= 0.3 is 0 Å². The number of carbonyl (C=O) groups is 1. The minimum Gasteiger partial charge on any atom is -0.493 e. The van der Waals surface area contributed by atoms with Crippen LogP contribution < -0.4 is 5.32 Å². The fourth-order valence-corrected chi connectivity index (χ4v) is 4.79. The summed E-state index contributed by atoms with van der Waals surface area (Å²) >= 11 is 0. The number of carbonyl (C=O) groups excluding carboxylic acids is 1. The lowest BCUT2D eigenvalue weighted by molar-refractivity contribution is -0.137. The van der Waals surface area contributed by atoms with E-state index in [9.17, 15) is 9.90 Å². The van der Waals surface area contributed by atoms with Crippen molar-refractivity contribution in [3.63, 3.8) is 0 Å². The van der Waals surface area contributed by atoms with Crippen molar-refractivity contribution in [3.8, 4) is 11.6 Å². The molecule has 5 rings (SSSR count). The standard InChI is InChI=1S/C23H28N6O2/c1-15-19-21(29(27-15)18-5-3-2-4-6-18)25-20(26-22(19)30)16-9-13-28(14-10-16)23(31)17-7-11-24-12-8-17/h2-6,16-17,24H,7-14H2,1H3,(H,25,26,30). The summed E-state index contributed by atoms with van der Waals surface area (Å²) in [7, 11) is 0. The van der Waals surface area contributed by atoms with Gasteiger partial charge in [0, 0.05) is 24.9 Å². The number of piperidine rings is 2. The van der Waals surface area contributed by atoms with Gasteiger partial charge in [-0.3, -0.25) is 4.79 Å². The molecule has 4 heterocycles. The number of nitrogens with zero attached hydrogens (tertiary/aromatic N) is 5. The molecule has 2 N–H and O–H groups in total. The molecular weight excluding hydrogens is 392 g/mol. The molecule has 0 unspecified atom stereocenters. The van der Waals surface area contributed by atoms with Crippen LogP contribution in [0.3, 0.4) is 0 Å². The second-order valence-electron chi connectivity index (χ2n) is 8.56. The predicted molar refractivity (Wildman–Crippen MR) is 117 cm³/mol. The molecule has 2 aliphatic rings. The minimum atomic E-state index is -0.0205. The predicted octanol–water partition coefficient (Wildman–Crippen LogP) is 2.54. The Bertz CT molecular complexity index is 1080. The van der Waals surface area contributed by atoms with Crippen LogP contribution in [0.4, 0.5) is 0 Å². The van der Waals surface area contributed by atoms with Crippen molar-refractivity contribution >= 4 is 16.9 Å². The highest BCUT2D eigenvalue weighted by Gasteiger charge is 2.31. The Kier molecular flexibility index (Phi) is 5.31. The molecule has 1 amide bonds. The Labute approximate surface area is 181 Å². The lowest BCUT2D eigenvalue weighted by atomic mass is 9.92.